The number of nitrogens with zero attached hydrogens (tertiary/aromatic N) is 2. The van der Waals surface area contributed by atoms with E-state index in [0.29, 0.717) is 10.2 Å². The van der Waals surface area contributed by atoms with Crippen LogP contribution in [-0.2, 0) is 0 Å². The molecule has 2 fully saturated rings. The molecule has 2 N–H and O–H groups in total. The highest BCUT2D eigenvalue weighted by atomic mass is 79.9. The SMILES string of the molecule is Nc1cc(F)c(Br)cc1N1CCN(CC2CC2)CC1. The van der Waals surface area contributed by atoms with Gasteiger partial charge in [0.25, 0.3) is 0 Å². The fraction of sp³-hybridized carbons (Fsp3) is 0.571. The summed E-state index contributed by atoms with van der Waals surface area (Å²) in [6.07, 6.45) is 2.80. The molecule has 3 rings (SSSR count). The van der Waals surface area contributed by atoms with Crippen LogP contribution in [0.5, 0.6) is 0 Å². The van der Waals surface area contributed by atoms with Gasteiger partial charge in [-0.15, -0.1) is 0 Å². The average molecular weight is 328 g/mol. The molecule has 1 aliphatic heterocycles. The zero-order chi connectivity index (χ0) is 13.4. The summed E-state index contributed by atoms with van der Waals surface area (Å²) in [5, 5.41) is 0. The van der Waals surface area contributed by atoms with Crippen molar-refractivity contribution in [1.82, 2.24) is 4.90 Å². The second-order valence-electron chi connectivity index (χ2n) is 5.56. The van der Waals surface area contributed by atoms with Gasteiger partial charge in [-0.05, 0) is 40.8 Å². The van der Waals surface area contributed by atoms with Crippen LogP contribution in [0.3, 0.4) is 0 Å². The predicted octanol–water partition coefficient (Wildman–Crippen LogP) is 2.70. The normalized spacial score (nSPS) is 20.8. The van der Waals surface area contributed by atoms with Crippen molar-refractivity contribution in [1.29, 1.82) is 0 Å². The molecule has 0 bridgehead atoms. The van der Waals surface area contributed by atoms with Crippen molar-refractivity contribution < 1.29 is 4.39 Å². The molecule has 5 heteroatoms. The van der Waals surface area contributed by atoms with Crippen molar-refractivity contribution in [3.63, 3.8) is 0 Å². The monoisotopic (exact) mass is 327 g/mol. The van der Waals surface area contributed by atoms with E-state index in [1.54, 1.807) is 6.07 Å². The Labute approximate surface area is 121 Å². The Bertz CT molecular complexity index is 468. The minimum absolute atomic E-state index is 0.298. The first-order chi connectivity index (χ1) is 9.13. The van der Waals surface area contributed by atoms with Crippen molar-refractivity contribution in [3.05, 3.63) is 22.4 Å². The number of hydrogen-bond donors (Lipinski definition) is 1. The van der Waals surface area contributed by atoms with E-state index in [2.05, 4.69) is 25.7 Å². The standard InChI is InChI=1S/C14H19BrFN3/c15-11-7-14(13(17)8-12(11)16)19-5-3-18(4-6-19)9-10-1-2-10/h7-8,10H,1-6,9,17H2. The molecule has 104 valence electrons. The molecule has 1 aromatic carbocycles. The van der Waals surface area contributed by atoms with Gasteiger partial charge in [-0.1, -0.05) is 0 Å². The lowest BCUT2D eigenvalue weighted by Gasteiger charge is -2.36. The van der Waals surface area contributed by atoms with Gasteiger partial charge in [0.05, 0.1) is 15.8 Å². The lowest BCUT2D eigenvalue weighted by Crippen LogP contribution is -2.47. The zero-order valence-electron chi connectivity index (χ0n) is 10.9. The van der Waals surface area contributed by atoms with Gasteiger partial charge < -0.3 is 10.6 Å². The average Bonchev–Trinajstić information content (AvgIpc) is 3.19. The quantitative estimate of drug-likeness (QED) is 0.866. The Morgan fingerprint density at radius 2 is 1.89 bits per heavy atom. The number of hydrogen-bond acceptors (Lipinski definition) is 3. The van der Waals surface area contributed by atoms with Gasteiger partial charge >= 0.3 is 0 Å². The van der Waals surface area contributed by atoms with E-state index in [4.69, 9.17) is 5.73 Å². The largest absolute Gasteiger partial charge is 0.397 e. The third kappa shape index (κ3) is 3.03. The Morgan fingerprint density at radius 3 is 2.53 bits per heavy atom. The smallest absolute Gasteiger partial charge is 0.139 e. The summed E-state index contributed by atoms with van der Waals surface area (Å²) < 4.78 is 13.9. The summed E-state index contributed by atoms with van der Waals surface area (Å²) in [5.74, 6) is 0.644. The van der Waals surface area contributed by atoms with Crippen molar-refractivity contribution in [2.24, 2.45) is 5.92 Å². The van der Waals surface area contributed by atoms with Gasteiger partial charge in [0.1, 0.15) is 5.82 Å². The van der Waals surface area contributed by atoms with E-state index in [1.807, 2.05) is 0 Å². The lowest BCUT2D eigenvalue weighted by atomic mass is 10.2. The fourth-order valence-electron chi connectivity index (χ4n) is 2.66. The van der Waals surface area contributed by atoms with Gasteiger partial charge in [-0.2, -0.15) is 0 Å². The first-order valence-electron chi connectivity index (χ1n) is 6.85. The molecule has 1 saturated carbocycles. The second-order valence-corrected chi connectivity index (χ2v) is 6.41. The second kappa shape index (κ2) is 5.29. The molecule has 1 heterocycles. The predicted molar refractivity (Wildman–Crippen MR) is 79.9 cm³/mol. The third-order valence-electron chi connectivity index (χ3n) is 4.00. The molecular formula is C14H19BrFN3. The van der Waals surface area contributed by atoms with Gasteiger partial charge in [-0.25, -0.2) is 4.39 Å². The lowest BCUT2D eigenvalue weighted by molar-refractivity contribution is 0.248. The van der Waals surface area contributed by atoms with Gasteiger partial charge in [0.15, 0.2) is 0 Å². The molecular weight excluding hydrogens is 309 g/mol. The van der Waals surface area contributed by atoms with Crippen molar-refractivity contribution in [2.75, 3.05) is 43.4 Å². The van der Waals surface area contributed by atoms with Crippen LogP contribution in [0.25, 0.3) is 0 Å². The van der Waals surface area contributed by atoms with Gasteiger partial charge in [0.2, 0.25) is 0 Å². The maximum atomic E-state index is 13.4. The topological polar surface area (TPSA) is 32.5 Å². The molecule has 1 aliphatic carbocycles. The highest BCUT2D eigenvalue weighted by molar-refractivity contribution is 9.10. The van der Waals surface area contributed by atoms with Crippen LogP contribution >= 0.6 is 15.9 Å². The molecule has 0 atom stereocenters. The molecule has 1 aromatic rings. The first-order valence-corrected chi connectivity index (χ1v) is 7.64. The molecule has 1 saturated heterocycles. The fourth-order valence-corrected chi connectivity index (χ4v) is 2.99. The highest BCUT2D eigenvalue weighted by Gasteiger charge is 2.26. The van der Waals surface area contributed by atoms with E-state index in [-0.39, 0.29) is 5.82 Å². The molecule has 2 aliphatic rings. The van der Waals surface area contributed by atoms with Crippen LogP contribution in [0.15, 0.2) is 16.6 Å². The molecule has 0 amide bonds. The third-order valence-corrected chi connectivity index (χ3v) is 4.60. The Hall–Kier alpha value is -0.810. The maximum absolute atomic E-state index is 13.4. The summed E-state index contributed by atoms with van der Waals surface area (Å²) in [6, 6.07) is 3.19. The van der Waals surface area contributed by atoms with E-state index in [0.717, 1.165) is 37.8 Å². The van der Waals surface area contributed by atoms with E-state index >= 15 is 0 Å². The van der Waals surface area contributed by atoms with Crippen LogP contribution < -0.4 is 10.6 Å². The van der Waals surface area contributed by atoms with Gasteiger partial charge in [0, 0.05) is 38.8 Å². The minimum Gasteiger partial charge on any atom is -0.397 e. The Kier molecular flexibility index (Phi) is 3.67. The number of anilines is 2. The number of piperazine rings is 1. The van der Waals surface area contributed by atoms with Gasteiger partial charge in [-0.3, -0.25) is 4.90 Å². The van der Waals surface area contributed by atoms with Crippen LogP contribution in [0.2, 0.25) is 0 Å². The van der Waals surface area contributed by atoms with Crippen LogP contribution in [0, 0.1) is 11.7 Å². The maximum Gasteiger partial charge on any atom is 0.139 e. The number of rotatable bonds is 3. The summed E-state index contributed by atoms with van der Waals surface area (Å²) in [6.45, 7) is 5.33. The van der Waals surface area contributed by atoms with Crippen LogP contribution in [0.4, 0.5) is 15.8 Å². The highest BCUT2D eigenvalue weighted by Crippen LogP contribution is 2.32. The molecule has 19 heavy (non-hydrogen) atoms. The van der Waals surface area contributed by atoms with E-state index in [1.165, 1.54) is 25.5 Å². The van der Waals surface area contributed by atoms with Crippen molar-refractivity contribution in [3.8, 4) is 0 Å². The number of nitrogens with two attached hydrogens (primary N) is 1. The number of benzene rings is 1. The number of nitrogen functional groups attached to an aromatic ring is 1. The Balaban J connectivity index is 1.65. The first kappa shape index (κ1) is 13.2. The van der Waals surface area contributed by atoms with Crippen LogP contribution in [-0.4, -0.2) is 37.6 Å². The molecule has 0 unspecified atom stereocenters. The number of halogens is 2. The summed E-state index contributed by atoms with van der Waals surface area (Å²) >= 11 is 3.23. The molecule has 0 radical (unpaired) electrons. The van der Waals surface area contributed by atoms with Crippen molar-refractivity contribution in [2.45, 2.75) is 12.8 Å². The summed E-state index contributed by atoms with van der Waals surface area (Å²) in [4.78, 5) is 4.78. The van der Waals surface area contributed by atoms with Crippen molar-refractivity contribution >= 4 is 27.3 Å². The summed E-state index contributed by atoms with van der Waals surface area (Å²) in [7, 11) is 0. The van der Waals surface area contributed by atoms with E-state index in [9.17, 15) is 4.39 Å². The molecule has 0 aromatic heterocycles. The molecule has 0 spiro atoms. The molecule has 3 nitrogen and oxygen atoms in total. The Morgan fingerprint density at radius 1 is 1.21 bits per heavy atom. The minimum atomic E-state index is -0.298. The van der Waals surface area contributed by atoms with Crippen LogP contribution in [0.1, 0.15) is 12.8 Å². The zero-order valence-corrected chi connectivity index (χ0v) is 12.5. The summed E-state index contributed by atoms with van der Waals surface area (Å²) in [5.41, 5.74) is 7.40. The van der Waals surface area contributed by atoms with E-state index < -0.39 is 0 Å².